The molecule has 5 heteroatoms. The second-order valence-corrected chi connectivity index (χ2v) is 4.38. The Kier molecular flexibility index (Phi) is 5.25. The standard InChI is InChI=1S/C12H17ClN2O2/c1-8-7-10(13)4-5-11(8)17-9(2)3-6-12(16)15-14/h4-5,7,9H,3,6,14H2,1-2H3,(H,15,16). The van der Waals surface area contributed by atoms with Crippen LogP contribution in [0.25, 0.3) is 0 Å². The van der Waals surface area contributed by atoms with Gasteiger partial charge in [-0.1, -0.05) is 11.6 Å². The zero-order valence-corrected chi connectivity index (χ0v) is 10.8. The predicted molar refractivity (Wildman–Crippen MR) is 67.8 cm³/mol. The van der Waals surface area contributed by atoms with Crippen molar-refractivity contribution in [1.82, 2.24) is 5.43 Å². The molecule has 0 aromatic heterocycles. The molecule has 0 aliphatic rings. The monoisotopic (exact) mass is 256 g/mol. The van der Waals surface area contributed by atoms with Crippen LogP contribution >= 0.6 is 11.6 Å². The summed E-state index contributed by atoms with van der Waals surface area (Å²) < 4.78 is 5.72. The lowest BCUT2D eigenvalue weighted by Crippen LogP contribution is -2.30. The topological polar surface area (TPSA) is 64.3 Å². The van der Waals surface area contributed by atoms with E-state index in [1.165, 1.54) is 0 Å². The van der Waals surface area contributed by atoms with Crippen LogP contribution in [0.15, 0.2) is 18.2 Å². The van der Waals surface area contributed by atoms with Crippen LogP contribution in [0.3, 0.4) is 0 Å². The summed E-state index contributed by atoms with van der Waals surface area (Å²) in [5.41, 5.74) is 3.07. The molecular weight excluding hydrogens is 240 g/mol. The maximum atomic E-state index is 11.0. The Morgan fingerprint density at radius 3 is 2.88 bits per heavy atom. The Labute approximate surface area is 106 Å². The van der Waals surface area contributed by atoms with E-state index in [9.17, 15) is 4.79 Å². The van der Waals surface area contributed by atoms with Gasteiger partial charge in [0.2, 0.25) is 5.91 Å². The molecule has 1 aromatic carbocycles. The van der Waals surface area contributed by atoms with E-state index in [2.05, 4.69) is 5.43 Å². The van der Waals surface area contributed by atoms with Crippen LogP contribution in [0.1, 0.15) is 25.3 Å². The highest BCUT2D eigenvalue weighted by atomic mass is 35.5. The molecule has 0 saturated heterocycles. The first-order valence-electron chi connectivity index (χ1n) is 5.45. The van der Waals surface area contributed by atoms with Crippen molar-refractivity contribution in [2.24, 2.45) is 5.84 Å². The first-order valence-corrected chi connectivity index (χ1v) is 5.83. The summed E-state index contributed by atoms with van der Waals surface area (Å²) in [7, 11) is 0. The second kappa shape index (κ2) is 6.47. The highest BCUT2D eigenvalue weighted by molar-refractivity contribution is 6.30. The predicted octanol–water partition coefficient (Wildman–Crippen LogP) is 2.19. The highest BCUT2D eigenvalue weighted by Crippen LogP contribution is 2.23. The van der Waals surface area contributed by atoms with Crippen molar-refractivity contribution in [2.45, 2.75) is 32.8 Å². The maximum Gasteiger partial charge on any atom is 0.234 e. The van der Waals surface area contributed by atoms with Gasteiger partial charge in [-0.25, -0.2) is 5.84 Å². The second-order valence-electron chi connectivity index (χ2n) is 3.94. The van der Waals surface area contributed by atoms with Gasteiger partial charge in [-0.3, -0.25) is 10.2 Å². The smallest absolute Gasteiger partial charge is 0.234 e. The first kappa shape index (κ1) is 13.8. The minimum Gasteiger partial charge on any atom is -0.490 e. The third-order valence-electron chi connectivity index (χ3n) is 2.40. The van der Waals surface area contributed by atoms with Gasteiger partial charge in [0.05, 0.1) is 6.10 Å². The summed E-state index contributed by atoms with van der Waals surface area (Å²) in [6.45, 7) is 3.85. The van der Waals surface area contributed by atoms with Crippen LogP contribution in [0.2, 0.25) is 5.02 Å². The first-order chi connectivity index (χ1) is 8.02. The summed E-state index contributed by atoms with van der Waals surface area (Å²) in [6.07, 6.45) is 0.919. The van der Waals surface area contributed by atoms with E-state index >= 15 is 0 Å². The van der Waals surface area contributed by atoms with Crippen molar-refractivity contribution in [2.75, 3.05) is 0 Å². The molecule has 0 saturated carbocycles. The largest absolute Gasteiger partial charge is 0.490 e. The number of carbonyl (C=O) groups is 1. The molecule has 4 nitrogen and oxygen atoms in total. The summed E-state index contributed by atoms with van der Waals surface area (Å²) in [6, 6.07) is 5.45. The van der Waals surface area contributed by atoms with Gasteiger partial charge in [-0.05, 0) is 44.0 Å². The number of rotatable bonds is 5. The SMILES string of the molecule is Cc1cc(Cl)ccc1OC(C)CCC(=O)NN. The van der Waals surface area contributed by atoms with E-state index in [1.54, 1.807) is 6.07 Å². The van der Waals surface area contributed by atoms with Gasteiger partial charge in [0.1, 0.15) is 5.75 Å². The van der Waals surface area contributed by atoms with Gasteiger partial charge >= 0.3 is 0 Å². The van der Waals surface area contributed by atoms with Crippen molar-refractivity contribution in [1.29, 1.82) is 0 Å². The van der Waals surface area contributed by atoms with Crippen LogP contribution in [0, 0.1) is 6.92 Å². The molecular formula is C12H17ClN2O2. The van der Waals surface area contributed by atoms with E-state index in [4.69, 9.17) is 22.2 Å². The number of halogens is 1. The summed E-state index contributed by atoms with van der Waals surface area (Å²) in [5.74, 6) is 5.60. The molecule has 94 valence electrons. The van der Waals surface area contributed by atoms with Gasteiger partial charge in [-0.2, -0.15) is 0 Å². The minimum absolute atomic E-state index is 0.0489. The van der Waals surface area contributed by atoms with Crippen LogP contribution in [0.4, 0.5) is 0 Å². The Hall–Kier alpha value is -1.26. The average molecular weight is 257 g/mol. The van der Waals surface area contributed by atoms with E-state index in [-0.39, 0.29) is 12.0 Å². The quantitative estimate of drug-likeness (QED) is 0.482. The fourth-order valence-electron chi connectivity index (χ4n) is 1.43. The molecule has 0 fully saturated rings. The third-order valence-corrected chi connectivity index (χ3v) is 2.64. The number of hydrogen-bond donors (Lipinski definition) is 2. The molecule has 1 aromatic rings. The van der Waals surface area contributed by atoms with Crippen LogP contribution < -0.4 is 16.0 Å². The Balaban J connectivity index is 2.50. The molecule has 0 aliphatic carbocycles. The zero-order chi connectivity index (χ0) is 12.8. The number of benzene rings is 1. The van der Waals surface area contributed by atoms with Gasteiger partial charge in [0.25, 0.3) is 0 Å². The Morgan fingerprint density at radius 1 is 1.59 bits per heavy atom. The molecule has 1 rings (SSSR count). The number of hydrazine groups is 1. The molecule has 0 heterocycles. The van der Waals surface area contributed by atoms with Crippen molar-refractivity contribution in [3.8, 4) is 5.75 Å². The zero-order valence-electron chi connectivity index (χ0n) is 10.00. The number of carbonyl (C=O) groups excluding carboxylic acids is 1. The molecule has 0 bridgehead atoms. The molecule has 1 amide bonds. The highest BCUT2D eigenvalue weighted by Gasteiger charge is 2.09. The molecule has 0 aliphatic heterocycles. The number of hydrogen-bond acceptors (Lipinski definition) is 3. The molecule has 17 heavy (non-hydrogen) atoms. The lowest BCUT2D eigenvalue weighted by atomic mass is 10.2. The normalized spacial score (nSPS) is 12.0. The fraction of sp³-hybridized carbons (Fsp3) is 0.417. The molecule has 0 spiro atoms. The van der Waals surface area contributed by atoms with Crippen molar-refractivity contribution in [3.05, 3.63) is 28.8 Å². The van der Waals surface area contributed by atoms with Crippen LogP contribution in [-0.2, 0) is 4.79 Å². The number of nitrogens with one attached hydrogen (secondary N) is 1. The van der Waals surface area contributed by atoms with E-state index in [1.807, 2.05) is 26.0 Å². The number of nitrogens with two attached hydrogens (primary N) is 1. The maximum absolute atomic E-state index is 11.0. The van der Waals surface area contributed by atoms with E-state index in [0.29, 0.717) is 17.9 Å². The van der Waals surface area contributed by atoms with Crippen molar-refractivity contribution in [3.63, 3.8) is 0 Å². The van der Waals surface area contributed by atoms with Gasteiger partial charge in [0.15, 0.2) is 0 Å². The Morgan fingerprint density at radius 2 is 2.29 bits per heavy atom. The number of ether oxygens (including phenoxy) is 1. The molecule has 1 unspecified atom stereocenters. The van der Waals surface area contributed by atoms with Crippen molar-refractivity contribution >= 4 is 17.5 Å². The number of amides is 1. The number of aryl methyl sites for hydroxylation is 1. The van der Waals surface area contributed by atoms with Gasteiger partial charge in [0, 0.05) is 11.4 Å². The third kappa shape index (κ3) is 4.63. The average Bonchev–Trinajstić information content (AvgIpc) is 2.29. The van der Waals surface area contributed by atoms with E-state index < -0.39 is 0 Å². The summed E-state index contributed by atoms with van der Waals surface area (Å²) in [5, 5.41) is 0.685. The minimum atomic E-state index is -0.187. The fourth-order valence-corrected chi connectivity index (χ4v) is 1.65. The lowest BCUT2D eigenvalue weighted by Gasteiger charge is -2.16. The molecule has 0 radical (unpaired) electrons. The van der Waals surface area contributed by atoms with Crippen molar-refractivity contribution < 1.29 is 9.53 Å². The van der Waals surface area contributed by atoms with Gasteiger partial charge < -0.3 is 4.74 Å². The lowest BCUT2D eigenvalue weighted by molar-refractivity contribution is -0.121. The summed E-state index contributed by atoms with van der Waals surface area (Å²) in [4.78, 5) is 11.0. The Bertz CT molecular complexity index is 396. The molecule has 3 N–H and O–H groups in total. The van der Waals surface area contributed by atoms with Crippen LogP contribution in [0.5, 0.6) is 5.75 Å². The van der Waals surface area contributed by atoms with E-state index in [0.717, 1.165) is 11.3 Å². The summed E-state index contributed by atoms with van der Waals surface area (Å²) >= 11 is 5.85. The van der Waals surface area contributed by atoms with Gasteiger partial charge in [-0.15, -0.1) is 0 Å². The molecule has 1 atom stereocenters. The van der Waals surface area contributed by atoms with Crippen LogP contribution in [-0.4, -0.2) is 12.0 Å².